The first-order chi connectivity index (χ1) is 11.5. The van der Waals surface area contributed by atoms with E-state index in [-0.39, 0.29) is 12.5 Å². The van der Waals surface area contributed by atoms with Crippen molar-refractivity contribution in [3.8, 4) is 5.75 Å². The summed E-state index contributed by atoms with van der Waals surface area (Å²) in [7, 11) is 0. The predicted molar refractivity (Wildman–Crippen MR) is 94.6 cm³/mol. The second kappa shape index (κ2) is 7.05. The van der Waals surface area contributed by atoms with E-state index < -0.39 is 5.91 Å². The normalized spacial score (nSPS) is 16.3. The number of benzene rings is 1. The van der Waals surface area contributed by atoms with Crippen LogP contribution in [-0.2, 0) is 17.6 Å². The van der Waals surface area contributed by atoms with E-state index in [9.17, 15) is 9.59 Å². The van der Waals surface area contributed by atoms with Crippen LogP contribution in [0.3, 0.4) is 0 Å². The summed E-state index contributed by atoms with van der Waals surface area (Å²) in [4.78, 5) is 25.2. The maximum atomic E-state index is 12.2. The van der Waals surface area contributed by atoms with Gasteiger partial charge in [-0.15, -0.1) is 11.3 Å². The molecular weight excluding hydrogens is 324 g/mol. The molecule has 0 radical (unpaired) electrons. The van der Waals surface area contributed by atoms with Gasteiger partial charge in [0, 0.05) is 4.88 Å². The molecule has 0 fully saturated rings. The van der Waals surface area contributed by atoms with Gasteiger partial charge < -0.3 is 15.8 Å². The van der Waals surface area contributed by atoms with Gasteiger partial charge >= 0.3 is 0 Å². The summed E-state index contributed by atoms with van der Waals surface area (Å²) in [6.45, 7) is 2.08. The highest BCUT2D eigenvalue weighted by atomic mass is 32.1. The van der Waals surface area contributed by atoms with E-state index in [1.165, 1.54) is 11.3 Å². The molecule has 1 aliphatic carbocycles. The van der Waals surface area contributed by atoms with E-state index in [0.29, 0.717) is 22.2 Å². The Morgan fingerprint density at radius 2 is 2.08 bits per heavy atom. The van der Waals surface area contributed by atoms with E-state index >= 15 is 0 Å². The number of para-hydroxylation sites is 1. The second-order valence-corrected chi connectivity index (χ2v) is 7.18. The number of carbonyl (C=O) groups excluding carboxylic acids is 2. The Morgan fingerprint density at radius 1 is 1.33 bits per heavy atom. The minimum Gasteiger partial charge on any atom is -0.484 e. The third-order valence-corrected chi connectivity index (χ3v) is 5.29. The summed E-state index contributed by atoms with van der Waals surface area (Å²) in [6.07, 6.45) is 2.80. The van der Waals surface area contributed by atoms with Crippen LogP contribution in [-0.4, -0.2) is 18.4 Å². The van der Waals surface area contributed by atoms with Crippen molar-refractivity contribution in [2.24, 2.45) is 11.7 Å². The molecule has 126 valence electrons. The highest BCUT2D eigenvalue weighted by Gasteiger charge is 2.27. The number of carbonyl (C=O) groups is 2. The zero-order valence-corrected chi connectivity index (χ0v) is 14.3. The molecule has 1 heterocycles. The number of hydrogen-bond acceptors (Lipinski definition) is 4. The molecule has 5 nitrogen and oxygen atoms in total. The van der Waals surface area contributed by atoms with Gasteiger partial charge in [0.25, 0.3) is 11.8 Å². The molecule has 2 amide bonds. The Labute approximate surface area is 144 Å². The lowest BCUT2D eigenvalue weighted by molar-refractivity contribution is -0.118. The zero-order valence-electron chi connectivity index (χ0n) is 13.5. The van der Waals surface area contributed by atoms with Crippen LogP contribution < -0.4 is 15.8 Å². The summed E-state index contributed by atoms with van der Waals surface area (Å²) >= 11 is 1.46. The Hall–Kier alpha value is -2.34. The molecule has 0 aliphatic heterocycles. The summed E-state index contributed by atoms with van der Waals surface area (Å²) in [5, 5.41) is 3.33. The van der Waals surface area contributed by atoms with Crippen molar-refractivity contribution in [3.63, 3.8) is 0 Å². The van der Waals surface area contributed by atoms with Gasteiger partial charge in [-0.3, -0.25) is 9.59 Å². The Morgan fingerprint density at radius 3 is 2.79 bits per heavy atom. The molecule has 2 aromatic rings. The lowest BCUT2D eigenvalue weighted by atomic mass is 9.88. The van der Waals surface area contributed by atoms with Crippen molar-refractivity contribution in [2.45, 2.75) is 26.2 Å². The van der Waals surface area contributed by atoms with Gasteiger partial charge in [-0.25, -0.2) is 0 Å². The first kappa shape index (κ1) is 16.5. The number of anilines is 1. The van der Waals surface area contributed by atoms with E-state index in [1.54, 1.807) is 12.1 Å². The minimum atomic E-state index is -0.485. The predicted octanol–water partition coefficient (Wildman–Crippen LogP) is 2.99. The van der Waals surface area contributed by atoms with Crippen LogP contribution in [0.5, 0.6) is 5.75 Å². The van der Waals surface area contributed by atoms with Gasteiger partial charge in [-0.2, -0.15) is 0 Å². The van der Waals surface area contributed by atoms with Crippen LogP contribution in [0.25, 0.3) is 0 Å². The Kier molecular flexibility index (Phi) is 4.85. The smallest absolute Gasteiger partial charge is 0.262 e. The largest absolute Gasteiger partial charge is 0.484 e. The van der Waals surface area contributed by atoms with Crippen LogP contribution in [0.1, 0.15) is 34.1 Å². The van der Waals surface area contributed by atoms with Crippen molar-refractivity contribution in [1.29, 1.82) is 0 Å². The first-order valence-corrected chi connectivity index (χ1v) is 8.78. The molecule has 0 unspecified atom stereocenters. The standard InChI is InChI=1S/C18H20N2O3S/c1-11-7-8-13-14(9-11)24-18(16(13)17(19)22)20-15(21)10-23-12-5-3-2-4-6-12/h2-6,11H,7-10H2,1H3,(H2,19,22)(H,20,21)/t11-/m1/s1. The number of thiophene rings is 1. The quantitative estimate of drug-likeness (QED) is 0.875. The first-order valence-electron chi connectivity index (χ1n) is 7.96. The van der Waals surface area contributed by atoms with Gasteiger partial charge in [-0.05, 0) is 42.9 Å². The monoisotopic (exact) mass is 344 g/mol. The number of fused-ring (bicyclic) bond motifs is 1. The SMILES string of the molecule is C[C@@H]1CCc2c(sc(NC(=O)COc3ccccc3)c2C(N)=O)C1. The summed E-state index contributed by atoms with van der Waals surface area (Å²) in [5.41, 5.74) is 7.02. The number of hydrogen-bond donors (Lipinski definition) is 2. The number of primary amides is 1. The highest BCUT2D eigenvalue weighted by Crippen LogP contribution is 2.39. The molecule has 1 atom stereocenters. The molecule has 24 heavy (non-hydrogen) atoms. The van der Waals surface area contributed by atoms with Gasteiger partial charge in [0.1, 0.15) is 10.8 Å². The van der Waals surface area contributed by atoms with E-state index in [1.807, 2.05) is 18.2 Å². The molecule has 1 aliphatic rings. The maximum Gasteiger partial charge on any atom is 0.262 e. The van der Waals surface area contributed by atoms with Crippen LogP contribution in [0.15, 0.2) is 30.3 Å². The zero-order chi connectivity index (χ0) is 17.1. The van der Waals surface area contributed by atoms with E-state index in [0.717, 1.165) is 29.7 Å². The van der Waals surface area contributed by atoms with E-state index in [2.05, 4.69) is 12.2 Å². The highest BCUT2D eigenvalue weighted by molar-refractivity contribution is 7.17. The maximum absolute atomic E-state index is 12.2. The summed E-state index contributed by atoms with van der Waals surface area (Å²) < 4.78 is 5.44. The van der Waals surface area contributed by atoms with Crippen LogP contribution in [0.2, 0.25) is 0 Å². The molecule has 0 saturated carbocycles. The van der Waals surface area contributed by atoms with Gasteiger partial charge in [0.15, 0.2) is 6.61 Å². The third kappa shape index (κ3) is 3.59. The number of rotatable bonds is 5. The molecule has 0 bridgehead atoms. The fourth-order valence-electron chi connectivity index (χ4n) is 2.93. The second-order valence-electron chi connectivity index (χ2n) is 6.07. The van der Waals surface area contributed by atoms with Gasteiger partial charge in [0.2, 0.25) is 0 Å². The van der Waals surface area contributed by atoms with Crippen molar-refractivity contribution in [1.82, 2.24) is 0 Å². The van der Waals surface area contributed by atoms with Gasteiger partial charge in [0.05, 0.1) is 5.56 Å². The Bertz CT molecular complexity index is 755. The van der Waals surface area contributed by atoms with Gasteiger partial charge in [-0.1, -0.05) is 25.1 Å². The minimum absolute atomic E-state index is 0.110. The number of nitrogens with one attached hydrogen (secondary N) is 1. The average Bonchev–Trinajstić information content (AvgIpc) is 2.90. The topological polar surface area (TPSA) is 81.4 Å². The summed E-state index contributed by atoms with van der Waals surface area (Å²) in [5.74, 6) is 0.429. The molecule has 6 heteroatoms. The molecular formula is C18H20N2O3S. The molecule has 3 N–H and O–H groups in total. The average molecular weight is 344 g/mol. The lowest BCUT2D eigenvalue weighted by Gasteiger charge is -2.18. The fraction of sp³-hybridized carbons (Fsp3) is 0.333. The lowest BCUT2D eigenvalue weighted by Crippen LogP contribution is -2.22. The van der Waals surface area contributed by atoms with Crippen molar-refractivity contribution in [3.05, 3.63) is 46.3 Å². The van der Waals surface area contributed by atoms with Crippen LogP contribution in [0, 0.1) is 5.92 Å². The summed E-state index contributed by atoms with van der Waals surface area (Å²) in [6, 6.07) is 9.13. The molecule has 1 aromatic heterocycles. The molecule has 3 rings (SSSR count). The Balaban J connectivity index is 1.72. The molecule has 0 saturated heterocycles. The van der Waals surface area contributed by atoms with Crippen molar-refractivity contribution in [2.75, 3.05) is 11.9 Å². The van der Waals surface area contributed by atoms with Crippen molar-refractivity contribution >= 4 is 28.2 Å². The van der Waals surface area contributed by atoms with Crippen molar-refractivity contribution < 1.29 is 14.3 Å². The van der Waals surface area contributed by atoms with Crippen LogP contribution >= 0.6 is 11.3 Å². The third-order valence-electron chi connectivity index (χ3n) is 4.12. The van der Waals surface area contributed by atoms with Crippen LogP contribution in [0.4, 0.5) is 5.00 Å². The number of amides is 2. The molecule has 1 aromatic carbocycles. The number of ether oxygens (including phenoxy) is 1. The fourth-order valence-corrected chi connectivity index (χ4v) is 4.36. The van der Waals surface area contributed by atoms with E-state index in [4.69, 9.17) is 10.5 Å². The molecule has 0 spiro atoms. The number of nitrogens with two attached hydrogens (primary N) is 1.